The summed E-state index contributed by atoms with van der Waals surface area (Å²) in [6.07, 6.45) is 3.42. The third-order valence-electron chi connectivity index (χ3n) is 5.32. The number of benzene rings is 1. The minimum atomic E-state index is -0.621. The molecule has 128 valence electrons. The topological polar surface area (TPSA) is 72.4 Å². The van der Waals surface area contributed by atoms with E-state index in [9.17, 15) is 4.79 Å². The molecule has 0 unspecified atom stereocenters. The van der Waals surface area contributed by atoms with Crippen molar-refractivity contribution in [2.24, 2.45) is 11.5 Å². The first-order chi connectivity index (χ1) is 10.9. The zero-order chi connectivity index (χ0) is 17.0. The molecule has 0 aromatic heterocycles. The molecule has 0 aliphatic carbocycles. The Morgan fingerprint density at radius 3 is 2.52 bits per heavy atom. The van der Waals surface area contributed by atoms with Gasteiger partial charge in [0, 0.05) is 0 Å². The molecule has 0 atom stereocenters. The van der Waals surface area contributed by atoms with E-state index >= 15 is 0 Å². The van der Waals surface area contributed by atoms with Crippen LogP contribution in [-0.2, 0) is 10.2 Å². The third-order valence-corrected chi connectivity index (χ3v) is 5.32. The summed E-state index contributed by atoms with van der Waals surface area (Å²) in [4.78, 5) is 14.3. The molecule has 4 nitrogen and oxygen atoms in total. The number of likely N-dealkylation sites (tertiary alicyclic amines) is 1. The molecule has 4 heteroatoms. The minimum Gasteiger partial charge on any atom is -0.369 e. The molecule has 0 saturated carbocycles. The zero-order valence-electron chi connectivity index (χ0n) is 14.8. The summed E-state index contributed by atoms with van der Waals surface area (Å²) >= 11 is 0. The summed E-state index contributed by atoms with van der Waals surface area (Å²) in [6.45, 7) is 10.1. The van der Waals surface area contributed by atoms with E-state index in [0.717, 1.165) is 38.2 Å². The van der Waals surface area contributed by atoms with Crippen LogP contribution in [0.4, 0.5) is 0 Å². The standard InChI is InChI=1S/C19H31N3O/c1-14-5-6-16(19(2,3)18(21)23)13-17(14)15-7-11-22(12-8-15)10-4-9-20/h5-6,13,15H,4,7-12,20H2,1-3H3,(H2,21,23). The molecule has 1 fully saturated rings. The number of carbonyl (C=O) groups is 1. The lowest BCUT2D eigenvalue weighted by molar-refractivity contribution is -0.122. The number of amides is 1. The van der Waals surface area contributed by atoms with E-state index in [-0.39, 0.29) is 5.91 Å². The van der Waals surface area contributed by atoms with Gasteiger partial charge in [0.2, 0.25) is 5.91 Å². The van der Waals surface area contributed by atoms with Crippen LogP contribution in [0.25, 0.3) is 0 Å². The molecule has 4 N–H and O–H groups in total. The molecule has 1 aliphatic heterocycles. The summed E-state index contributed by atoms with van der Waals surface area (Å²) in [5.74, 6) is 0.302. The Morgan fingerprint density at radius 1 is 1.30 bits per heavy atom. The number of carbonyl (C=O) groups excluding carboxylic acids is 1. The van der Waals surface area contributed by atoms with E-state index in [0.29, 0.717) is 5.92 Å². The maximum atomic E-state index is 11.7. The fourth-order valence-electron chi connectivity index (χ4n) is 3.39. The van der Waals surface area contributed by atoms with Crippen molar-refractivity contribution in [2.75, 3.05) is 26.2 Å². The maximum absolute atomic E-state index is 11.7. The van der Waals surface area contributed by atoms with Crippen LogP contribution in [0.2, 0.25) is 0 Å². The Balaban J connectivity index is 2.13. The molecule has 1 aromatic carbocycles. The molecule has 23 heavy (non-hydrogen) atoms. The normalized spacial score (nSPS) is 17.4. The Bertz CT molecular complexity index is 546. The van der Waals surface area contributed by atoms with Gasteiger partial charge in [-0.2, -0.15) is 0 Å². The third kappa shape index (κ3) is 4.12. The fourth-order valence-corrected chi connectivity index (χ4v) is 3.39. The minimum absolute atomic E-state index is 0.274. The van der Waals surface area contributed by atoms with Gasteiger partial charge < -0.3 is 16.4 Å². The number of hydrogen-bond donors (Lipinski definition) is 2. The van der Waals surface area contributed by atoms with Gasteiger partial charge in [-0.05, 0) is 88.8 Å². The number of aryl methyl sites for hydroxylation is 1. The highest BCUT2D eigenvalue weighted by molar-refractivity contribution is 5.85. The lowest BCUT2D eigenvalue weighted by atomic mass is 9.79. The highest BCUT2D eigenvalue weighted by atomic mass is 16.1. The van der Waals surface area contributed by atoms with Crippen LogP contribution in [0.15, 0.2) is 18.2 Å². The van der Waals surface area contributed by atoms with Gasteiger partial charge in [0.25, 0.3) is 0 Å². The van der Waals surface area contributed by atoms with E-state index in [4.69, 9.17) is 11.5 Å². The van der Waals surface area contributed by atoms with E-state index < -0.39 is 5.41 Å². The number of nitrogens with two attached hydrogens (primary N) is 2. The average Bonchev–Trinajstić information content (AvgIpc) is 2.53. The fraction of sp³-hybridized carbons (Fsp3) is 0.632. The monoisotopic (exact) mass is 317 g/mol. The van der Waals surface area contributed by atoms with E-state index in [1.165, 1.54) is 24.0 Å². The van der Waals surface area contributed by atoms with E-state index in [2.05, 4.69) is 24.0 Å². The predicted molar refractivity (Wildman–Crippen MR) is 95.5 cm³/mol. The summed E-state index contributed by atoms with van der Waals surface area (Å²) in [5, 5.41) is 0. The van der Waals surface area contributed by atoms with Gasteiger partial charge in [-0.1, -0.05) is 18.2 Å². The molecule has 2 rings (SSSR count). The smallest absolute Gasteiger partial charge is 0.227 e. The maximum Gasteiger partial charge on any atom is 0.227 e. The van der Waals surface area contributed by atoms with Crippen molar-refractivity contribution in [3.05, 3.63) is 34.9 Å². The molecule has 0 bridgehead atoms. The van der Waals surface area contributed by atoms with E-state index in [1.54, 1.807) is 0 Å². The van der Waals surface area contributed by atoms with Crippen molar-refractivity contribution in [2.45, 2.75) is 51.4 Å². The summed E-state index contributed by atoms with van der Waals surface area (Å²) < 4.78 is 0. The van der Waals surface area contributed by atoms with Gasteiger partial charge in [-0.25, -0.2) is 0 Å². The van der Waals surface area contributed by atoms with Gasteiger partial charge in [-0.3, -0.25) is 4.79 Å². The number of hydrogen-bond acceptors (Lipinski definition) is 3. The SMILES string of the molecule is Cc1ccc(C(C)(C)C(N)=O)cc1C1CCN(CCCN)CC1. The van der Waals surface area contributed by atoms with Gasteiger partial charge in [0.1, 0.15) is 0 Å². The second-order valence-corrected chi connectivity index (χ2v) is 7.32. The molecule has 1 aromatic rings. The van der Waals surface area contributed by atoms with Crippen LogP contribution in [0.5, 0.6) is 0 Å². The van der Waals surface area contributed by atoms with Gasteiger partial charge in [0.05, 0.1) is 5.41 Å². The molecular formula is C19H31N3O. The second kappa shape index (κ2) is 7.45. The average molecular weight is 317 g/mol. The number of nitrogens with zero attached hydrogens (tertiary/aromatic N) is 1. The second-order valence-electron chi connectivity index (χ2n) is 7.32. The summed E-state index contributed by atoms with van der Waals surface area (Å²) in [6, 6.07) is 6.39. The van der Waals surface area contributed by atoms with Crippen molar-refractivity contribution < 1.29 is 4.79 Å². The first-order valence-electron chi connectivity index (χ1n) is 8.69. The highest BCUT2D eigenvalue weighted by Gasteiger charge is 2.29. The van der Waals surface area contributed by atoms with E-state index in [1.807, 2.05) is 19.9 Å². The van der Waals surface area contributed by atoms with Crippen molar-refractivity contribution in [3.63, 3.8) is 0 Å². The molecule has 0 radical (unpaired) electrons. The molecule has 0 spiro atoms. The Hall–Kier alpha value is -1.39. The largest absolute Gasteiger partial charge is 0.369 e. The Morgan fingerprint density at radius 2 is 1.96 bits per heavy atom. The Labute approximate surface area is 140 Å². The first-order valence-corrected chi connectivity index (χ1v) is 8.69. The quantitative estimate of drug-likeness (QED) is 0.845. The lowest BCUT2D eigenvalue weighted by Crippen LogP contribution is -2.36. The molecule has 1 aliphatic rings. The summed E-state index contributed by atoms with van der Waals surface area (Å²) in [5.41, 5.74) is 14.3. The molecule has 1 heterocycles. The van der Waals surface area contributed by atoms with Crippen LogP contribution in [0, 0.1) is 6.92 Å². The van der Waals surface area contributed by atoms with Crippen LogP contribution >= 0.6 is 0 Å². The molecule has 1 saturated heterocycles. The van der Waals surface area contributed by atoms with Crippen molar-refractivity contribution in [3.8, 4) is 0 Å². The van der Waals surface area contributed by atoms with Gasteiger partial charge in [0.15, 0.2) is 0 Å². The van der Waals surface area contributed by atoms with Crippen LogP contribution < -0.4 is 11.5 Å². The van der Waals surface area contributed by atoms with Crippen LogP contribution in [-0.4, -0.2) is 37.0 Å². The van der Waals surface area contributed by atoms with Crippen molar-refractivity contribution >= 4 is 5.91 Å². The van der Waals surface area contributed by atoms with Crippen molar-refractivity contribution in [1.29, 1.82) is 0 Å². The molecule has 1 amide bonds. The lowest BCUT2D eigenvalue weighted by Gasteiger charge is -2.33. The zero-order valence-corrected chi connectivity index (χ0v) is 14.8. The first kappa shape index (κ1) is 18.0. The molecular weight excluding hydrogens is 286 g/mol. The predicted octanol–water partition coefficient (Wildman–Crippen LogP) is 2.29. The number of piperidine rings is 1. The van der Waals surface area contributed by atoms with Crippen LogP contribution in [0.3, 0.4) is 0 Å². The van der Waals surface area contributed by atoms with Crippen LogP contribution in [0.1, 0.15) is 55.7 Å². The van der Waals surface area contributed by atoms with Crippen molar-refractivity contribution in [1.82, 2.24) is 4.90 Å². The summed E-state index contributed by atoms with van der Waals surface area (Å²) in [7, 11) is 0. The van der Waals surface area contributed by atoms with Gasteiger partial charge >= 0.3 is 0 Å². The number of primary amides is 1. The highest BCUT2D eigenvalue weighted by Crippen LogP contribution is 2.33. The Kier molecular flexibility index (Phi) is 5.82. The van der Waals surface area contributed by atoms with Gasteiger partial charge in [-0.15, -0.1) is 0 Å². The number of rotatable bonds is 6.